The van der Waals surface area contributed by atoms with Gasteiger partial charge in [-0.3, -0.25) is 4.79 Å². The molecule has 4 heterocycles. The number of aromatic nitrogens is 2. The first kappa shape index (κ1) is 15.1. The Balaban J connectivity index is 1.74. The van der Waals surface area contributed by atoms with Crippen LogP contribution in [-0.4, -0.2) is 45.8 Å². The lowest BCUT2D eigenvalue weighted by molar-refractivity contribution is -0.131. The van der Waals surface area contributed by atoms with Crippen LogP contribution in [0.25, 0.3) is 10.2 Å². The average Bonchev–Trinajstić information content (AvgIpc) is 3.20. The summed E-state index contributed by atoms with van der Waals surface area (Å²) in [6, 6.07) is 0. The third-order valence-electron chi connectivity index (χ3n) is 4.67. The molecule has 0 N–H and O–H groups in total. The average molecular weight is 351 g/mol. The SMILES string of the molecule is CC(Cl)C(=O)N1CCc2c(sc3ncnc(N4CCCC4)c23)C1. The summed E-state index contributed by atoms with van der Waals surface area (Å²) in [7, 11) is 0. The van der Waals surface area contributed by atoms with E-state index in [9.17, 15) is 4.79 Å². The van der Waals surface area contributed by atoms with Crippen molar-refractivity contribution in [1.82, 2.24) is 14.9 Å². The monoisotopic (exact) mass is 350 g/mol. The summed E-state index contributed by atoms with van der Waals surface area (Å²) in [5.74, 6) is 1.09. The van der Waals surface area contributed by atoms with Gasteiger partial charge in [0.25, 0.3) is 0 Å². The number of halogens is 1. The van der Waals surface area contributed by atoms with Gasteiger partial charge in [-0.15, -0.1) is 22.9 Å². The molecule has 1 saturated heterocycles. The molecule has 2 aliphatic heterocycles. The number of hydrogen-bond acceptors (Lipinski definition) is 5. The highest BCUT2D eigenvalue weighted by Crippen LogP contribution is 2.39. The molecule has 23 heavy (non-hydrogen) atoms. The predicted octanol–water partition coefficient (Wildman–Crippen LogP) is 2.80. The number of amides is 1. The van der Waals surface area contributed by atoms with Crippen molar-refractivity contribution in [1.29, 1.82) is 0 Å². The van der Waals surface area contributed by atoms with Gasteiger partial charge in [0.2, 0.25) is 5.91 Å². The van der Waals surface area contributed by atoms with Crippen molar-refractivity contribution in [2.24, 2.45) is 0 Å². The van der Waals surface area contributed by atoms with Crippen molar-refractivity contribution in [2.75, 3.05) is 24.5 Å². The molecule has 0 aromatic carbocycles. The quantitative estimate of drug-likeness (QED) is 0.781. The third-order valence-corrected chi connectivity index (χ3v) is 5.99. The maximum absolute atomic E-state index is 12.2. The minimum Gasteiger partial charge on any atom is -0.356 e. The molecule has 2 aromatic heterocycles. The Morgan fingerprint density at radius 3 is 2.83 bits per heavy atom. The molecule has 1 unspecified atom stereocenters. The highest BCUT2D eigenvalue weighted by molar-refractivity contribution is 7.19. The van der Waals surface area contributed by atoms with E-state index in [1.165, 1.54) is 28.7 Å². The van der Waals surface area contributed by atoms with E-state index in [1.54, 1.807) is 24.6 Å². The molecule has 0 aliphatic carbocycles. The number of carbonyl (C=O) groups excluding carboxylic acids is 1. The highest BCUT2D eigenvalue weighted by atomic mass is 35.5. The van der Waals surface area contributed by atoms with Crippen molar-refractivity contribution < 1.29 is 4.79 Å². The highest BCUT2D eigenvalue weighted by Gasteiger charge is 2.29. The fourth-order valence-corrected chi connectivity index (χ4v) is 4.86. The van der Waals surface area contributed by atoms with E-state index in [-0.39, 0.29) is 5.91 Å². The zero-order valence-corrected chi connectivity index (χ0v) is 14.7. The van der Waals surface area contributed by atoms with E-state index in [1.807, 2.05) is 4.90 Å². The number of fused-ring (bicyclic) bond motifs is 3. The summed E-state index contributed by atoms with van der Waals surface area (Å²) in [5.41, 5.74) is 1.33. The molecule has 2 aromatic rings. The van der Waals surface area contributed by atoms with Crippen molar-refractivity contribution in [3.8, 4) is 0 Å². The molecule has 1 fully saturated rings. The molecule has 2 aliphatic rings. The second kappa shape index (κ2) is 5.91. The van der Waals surface area contributed by atoms with Gasteiger partial charge in [-0.1, -0.05) is 0 Å². The van der Waals surface area contributed by atoms with E-state index >= 15 is 0 Å². The van der Waals surface area contributed by atoms with Crippen LogP contribution < -0.4 is 4.90 Å². The summed E-state index contributed by atoms with van der Waals surface area (Å²) < 4.78 is 0. The van der Waals surface area contributed by atoms with E-state index in [0.29, 0.717) is 6.54 Å². The molecule has 1 amide bonds. The summed E-state index contributed by atoms with van der Waals surface area (Å²) in [4.78, 5) is 27.7. The van der Waals surface area contributed by atoms with Crippen LogP contribution in [0, 0.1) is 0 Å². The van der Waals surface area contributed by atoms with Gasteiger partial charge in [0, 0.05) is 24.5 Å². The number of alkyl halides is 1. The maximum atomic E-state index is 12.2. The van der Waals surface area contributed by atoms with Gasteiger partial charge in [-0.25, -0.2) is 9.97 Å². The van der Waals surface area contributed by atoms with Crippen LogP contribution in [0.4, 0.5) is 5.82 Å². The Bertz CT molecular complexity index is 754. The number of nitrogens with zero attached hydrogens (tertiary/aromatic N) is 4. The van der Waals surface area contributed by atoms with Crippen LogP contribution in [0.5, 0.6) is 0 Å². The van der Waals surface area contributed by atoms with Gasteiger partial charge in [0.1, 0.15) is 22.4 Å². The molecule has 1 atom stereocenters. The molecule has 7 heteroatoms. The van der Waals surface area contributed by atoms with Crippen molar-refractivity contribution in [3.63, 3.8) is 0 Å². The molecule has 0 spiro atoms. The van der Waals surface area contributed by atoms with Gasteiger partial charge in [0.15, 0.2) is 0 Å². The third kappa shape index (κ3) is 2.58. The minimum atomic E-state index is -0.467. The van der Waals surface area contributed by atoms with Crippen LogP contribution in [0.2, 0.25) is 0 Å². The largest absolute Gasteiger partial charge is 0.356 e. The van der Waals surface area contributed by atoms with E-state index in [2.05, 4.69) is 14.9 Å². The lowest BCUT2D eigenvalue weighted by Gasteiger charge is -2.28. The molecule has 122 valence electrons. The van der Waals surface area contributed by atoms with Crippen molar-refractivity contribution >= 4 is 44.9 Å². The first-order valence-corrected chi connectivity index (χ1v) is 9.33. The Labute approximate surface area is 144 Å². The second-order valence-electron chi connectivity index (χ2n) is 6.20. The number of carbonyl (C=O) groups is 1. The first-order chi connectivity index (χ1) is 11.1. The van der Waals surface area contributed by atoms with Gasteiger partial charge < -0.3 is 9.80 Å². The Morgan fingerprint density at radius 1 is 1.30 bits per heavy atom. The van der Waals surface area contributed by atoms with Crippen LogP contribution in [0.15, 0.2) is 6.33 Å². The molecule has 5 nitrogen and oxygen atoms in total. The zero-order valence-electron chi connectivity index (χ0n) is 13.1. The first-order valence-electron chi connectivity index (χ1n) is 8.08. The summed E-state index contributed by atoms with van der Waals surface area (Å²) in [6.07, 6.45) is 4.99. The number of thiophene rings is 1. The van der Waals surface area contributed by atoms with Crippen molar-refractivity contribution in [2.45, 2.75) is 38.1 Å². The lowest BCUT2D eigenvalue weighted by atomic mass is 10.0. The minimum absolute atomic E-state index is 0.0145. The lowest BCUT2D eigenvalue weighted by Crippen LogP contribution is -2.39. The van der Waals surface area contributed by atoms with Gasteiger partial charge >= 0.3 is 0 Å². The predicted molar refractivity (Wildman–Crippen MR) is 93.3 cm³/mol. The number of hydrogen-bond donors (Lipinski definition) is 0. The van der Waals surface area contributed by atoms with Crippen LogP contribution in [0.3, 0.4) is 0 Å². The molecule has 0 saturated carbocycles. The Kier molecular flexibility index (Phi) is 3.89. The summed E-state index contributed by atoms with van der Waals surface area (Å²) in [5, 5.41) is 0.742. The smallest absolute Gasteiger partial charge is 0.240 e. The second-order valence-corrected chi connectivity index (χ2v) is 7.94. The summed E-state index contributed by atoms with van der Waals surface area (Å²) in [6.45, 7) is 5.26. The van der Waals surface area contributed by atoms with E-state index in [4.69, 9.17) is 11.6 Å². The van der Waals surface area contributed by atoms with Crippen LogP contribution >= 0.6 is 22.9 Å². The topological polar surface area (TPSA) is 49.3 Å². The molecule has 0 radical (unpaired) electrons. The van der Waals surface area contributed by atoms with E-state index < -0.39 is 5.38 Å². The molecule has 4 rings (SSSR count). The fourth-order valence-electron chi connectivity index (χ4n) is 3.52. The van der Waals surface area contributed by atoms with Gasteiger partial charge in [0.05, 0.1) is 11.9 Å². The normalized spacial score (nSPS) is 19.2. The molecular formula is C16H19ClN4OS. The van der Waals surface area contributed by atoms with E-state index in [0.717, 1.165) is 36.7 Å². The molecular weight excluding hydrogens is 332 g/mol. The van der Waals surface area contributed by atoms with Gasteiger partial charge in [-0.05, 0) is 31.7 Å². The Morgan fingerprint density at radius 2 is 2.09 bits per heavy atom. The van der Waals surface area contributed by atoms with Crippen molar-refractivity contribution in [3.05, 3.63) is 16.8 Å². The fraction of sp³-hybridized carbons (Fsp3) is 0.562. The Hall–Kier alpha value is -1.40. The van der Waals surface area contributed by atoms with Crippen LogP contribution in [-0.2, 0) is 17.8 Å². The van der Waals surface area contributed by atoms with Gasteiger partial charge in [-0.2, -0.15) is 0 Å². The standard InChI is InChI=1S/C16H19ClN4OS/c1-10(17)16(22)21-7-4-11-12(8-21)23-15-13(11)14(18-9-19-15)20-5-2-3-6-20/h9-10H,2-8H2,1H3. The maximum Gasteiger partial charge on any atom is 0.240 e. The number of anilines is 1. The zero-order chi connectivity index (χ0) is 16.0. The summed E-state index contributed by atoms with van der Waals surface area (Å²) >= 11 is 7.65. The molecule has 0 bridgehead atoms. The van der Waals surface area contributed by atoms with Crippen LogP contribution in [0.1, 0.15) is 30.2 Å². The number of rotatable bonds is 2.